The Labute approximate surface area is 94.6 Å². The number of ether oxygens (including phenoxy) is 1. The molecule has 2 amide bonds. The Morgan fingerprint density at radius 1 is 1.44 bits per heavy atom. The van der Waals surface area contributed by atoms with Crippen LogP contribution < -0.4 is 5.32 Å². The van der Waals surface area contributed by atoms with Crippen LogP contribution in [0.5, 0.6) is 0 Å². The van der Waals surface area contributed by atoms with Crippen LogP contribution in [0, 0.1) is 0 Å². The van der Waals surface area contributed by atoms with Crippen LogP contribution in [0.25, 0.3) is 0 Å². The van der Waals surface area contributed by atoms with E-state index in [1.807, 2.05) is 0 Å². The van der Waals surface area contributed by atoms with Gasteiger partial charge < -0.3 is 20.1 Å². The molecule has 0 unspecified atom stereocenters. The summed E-state index contributed by atoms with van der Waals surface area (Å²) in [5, 5.41) is 11.3. The molecule has 0 aromatic heterocycles. The second-order valence-electron chi connectivity index (χ2n) is 3.70. The number of nitrogens with zero attached hydrogens (tertiary/aromatic N) is 1. The van der Waals surface area contributed by atoms with E-state index in [1.165, 1.54) is 0 Å². The SMILES string of the molecule is CC[C@@H](NC(=O)N1CCCOCC1)C(=O)O. The van der Waals surface area contributed by atoms with Gasteiger partial charge in [-0.2, -0.15) is 0 Å². The number of rotatable bonds is 3. The number of carbonyl (C=O) groups is 2. The third kappa shape index (κ3) is 3.69. The largest absolute Gasteiger partial charge is 0.480 e. The van der Waals surface area contributed by atoms with Gasteiger partial charge in [0.25, 0.3) is 0 Å². The van der Waals surface area contributed by atoms with E-state index in [1.54, 1.807) is 11.8 Å². The molecule has 1 fully saturated rings. The van der Waals surface area contributed by atoms with Crippen molar-refractivity contribution in [1.82, 2.24) is 10.2 Å². The van der Waals surface area contributed by atoms with Crippen LogP contribution in [0.4, 0.5) is 4.79 Å². The van der Waals surface area contributed by atoms with Crippen molar-refractivity contribution in [2.24, 2.45) is 0 Å². The van der Waals surface area contributed by atoms with E-state index in [0.717, 1.165) is 6.42 Å². The predicted molar refractivity (Wildman–Crippen MR) is 57.3 cm³/mol. The molecule has 0 aromatic rings. The molecule has 1 aliphatic heterocycles. The lowest BCUT2D eigenvalue weighted by molar-refractivity contribution is -0.139. The second kappa shape index (κ2) is 6.32. The molecule has 1 atom stereocenters. The summed E-state index contributed by atoms with van der Waals surface area (Å²) in [4.78, 5) is 24.1. The van der Waals surface area contributed by atoms with E-state index in [4.69, 9.17) is 9.84 Å². The number of hydrogen-bond donors (Lipinski definition) is 2. The number of urea groups is 1. The summed E-state index contributed by atoms with van der Waals surface area (Å²) < 4.78 is 5.22. The van der Waals surface area contributed by atoms with Crippen LogP contribution >= 0.6 is 0 Å². The molecule has 0 aliphatic carbocycles. The number of carboxylic acids is 1. The Balaban J connectivity index is 2.46. The maximum absolute atomic E-state index is 11.7. The maximum Gasteiger partial charge on any atom is 0.326 e. The summed E-state index contributed by atoms with van der Waals surface area (Å²) in [6, 6.07) is -1.13. The summed E-state index contributed by atoms with van der Waals surface area (Å²) in [5.74, 6) is -0.998. The molecule has 1 rings (SSSR count). The second-order valence-corrected chi connectivity index (χ2v) is 3.70. The number of amides is 2. The van der Waals surface area contributed by atoms with Crippen LogP contribution in [0.3, 0.4) is 0 Å². The zero-order chi connectivity index (χ0) is 12.0. The first kappa shape index (κ1) is 12.8. The van der Waals surface area contributed by atoms with Crippen molar-refractivity contribution in [2.75, 3.05) is 26.3 Å². The Morgan fingerprint density at radius 3 is 2.81 bits per heavy atom. The van der Waals surface area contributed by atoms with Crippen molar-refractivity contribution in [2.45, 2.75) is 25.8 Å². The van der Waals surface area contributed by atoms with E-state index >= 15 is 0 Å². The lowest BCUT2D eigenvalue weighted by Crippen LogP contribution is -2.48. The number of aliphatic carboxylic acids is 1. The van der Waals surface area contributed by atoms with Crippen molar-refractivity contribution < 1.29 is 19.4 Å². The lowest BCUT2D eigenvalue weighted by atomic mass is 10.2. The first-order valence-corrected chi connectivity index (χ1v) is 5.51. The van der Waals surface area contributed by atoms with Gasteiger partial charge in [0.15, 0.2) is 0 Å². The molecular formula is C10H18N2O4. The van der Waals surface area contributed by atoms with Crippen molar-refractivity contribution in [1.29, 1.82) is 0 Å². The quantitative estimate of drug-likeness (QED) is 0.730. The summed E-state index contributed by atoms with van der Waals surface area (Å²) in [6.07, 6.45) is 1.17. The summed E-state index contributed by atoms with van der Waals surface area (Å²) >= 11 is 0. The standard InChI is InChI=1S/C10H18N2O4/c1-2-8(9(13)14)11-10(15)12-4-3-6-16-7-5-12/h8H,2-7H2,1H3,(H,11,15)(H,13,14)/t8-/m1/s1. The van der Waals surface area contributed by atoms with Crippen LogP contribution in [-0.4, -0.2) is 54.4 Å². The minimum absolute atomic E-state index is 0.320. The van der Waals surface area contributed by atoms with Gasteiger partial charge in [-0.25, -0.2) is 9.59 Å². The fourth-order valence-corrected chi connectivity index (χ4v) is 1.53. The van der Waals surface area contributed by atoms with Crippen LogP contribution in [0.2, 0.25) is 0 Å². The third-order valence-corrected chi connectivity index (χ3v) is 2.51. The molecular weight excluding hydrogens is 212 g/mol. The van der Waals surface area contributed by atoms with E-state index in [9.17, 15) is 9.59 Å². The highest BCUT2D eigenvalue weighted by atomic mass is 16.5. The number of hydrogen-bond acceptors (Lipinski definition) is 3. The smallest absolute Gasteiger partial charge is 0.326 e. The average Bonchev–Trinajstić information content (AvgIpc) is 2.53. The first-order chi connectivity index (χ1) is 7.65. The van der Waals surface area contributed by atoms with E-state index in [-0.39, 0.29) is 6.03 Å². The molecule has 0 bridgehead atoms. The summed E-state index contributed by atoms with van der Waals surface area (Å²) in [5.41, 5.74) is 0. The van der Waals surface area contributed by atoms with Gasteiger partial charge in [-0.1, -0.05) is 6.92 Å². The van der Waals surface area contributed by atoms with Gasteiger partial charge in [0, 0.05) is 19.7 Å². The lowest BCUT2D eigenvalue weighted by Gasteiger charge is -2.22. The monoisotopic (exact) mass is 230 g/mol. The Bertz CT molecular complexity index is 249. The van der Waals surface area contributed by atoms with E-state index < -0.39 is 12.0 Å². The third-order valence-electron chi connectivity index (χ3n) is 2.51. The highest BCUT2D eigenvalue weighted by Crippen LogP contribution is 2.01. The van der Waals surface area contributed by atoms with Crippen molar-refractivity contribution in [3.05, 3.63) is 0 Å². The Hall–Kier alpha value is -1.30. The topological polar surface area (TPSA) is 78.9 Å². The Kier molecular flexibility index (Phi) is 5.04. The summed E-state index contributed by atoms with van der Waals surface area (Å²) in [7, 11) is 0. The van der Waals surface area contributed by atoms with Gasteiger partial charge >= 0.3 is 12.0 Å². The summed E-state index contributed by atoms with van der Waals surface area (Å²) in [6.45, 7) is 4.02. The highest BCUT2D eigenvalue weighted by molar-refractivity contribution is 5.82. The van der Waals surface area contributed by atoms with Gasteiger partial charge in [-0.3, -0.25) is 0 Å². The van der Waals surface area contributed by atoms with Gasteiger partial charge in [0.05, 0.1) is 6.61 Å². The molecule has 1 heterocycles. The first-order valence-electron chi connectivity index (χ1n) is 5.51. The zero-order valence-electron chi connectivity index (χ0n) is 9.44. The van der Waals surface area contributed by atoms with E-state index in [2.05, 4.69) is 5.32 Å². The number of nitrogens with one attached hydrogen (secondary N) is 1. The van der Waals surface area contributed by atoms with E-state index in [0.29, 0.717) is 32.7 Å². The molecule has 1 aliphatic rings. The predicted octanol–water partition coefficient (Wildman–Crippen LogP) is 0.281. The van der Waals surface area contributed by atoms with Crippen LogP contribution in [-0.2, 0) is 9.53 Å². The van der Waals surface area contributed by atoms with Gasteiger partial charge in [0.2, 0.25) is 0 Å². The molecule has 6 nitrogen and oxygen atoms in total. The molecule has 0 aromatic carbocycles. The zero-order valence-corrected chi connectivity index (χ0v) is 9.44. The highest BCUT2D eigenvalue weighted by Gasteiger charge is 2.22. The molecule has 92 valence electrons. The maximum atomic E-state index is 11.7. The molecule has 1 saturated heterocycles. The molecule has 0 radical (unpaired) electrons. The fraction of sp³-hybridized carbons (Fsp3) is 0.800. The van der Waals surface area contributed by atoms with Gasteiger partial charge in [-0.05, 0) is 12.8 Å². The average molecular weight is 230 g/mol. The van der Waals surface area contributed by atoms with Crippen LogP contribution in [0.1, 0.15) is 19.8 Å². The molecule has 2 N–H and O–H groups in total. The van der Waals surface area contributed by atoms with Crippen LogP contribution in [0.15, 0.2) is 0 Å². The molecule has 0 saturated carbocycles. The number of carbonyl (C=O) groups excluding carboxylic acids is 1. The molecule has 16 heavy (non-hydrogen) atoms. The van der Waals surface area contributed by atoms with Crippen molar-refractivity contribution >= 4 is 12.0 Å². The number of carboxylic acid groups (broad SMARTS) is 1. The van der Waals surface area contributed by atoms with Gasteiger partial charge in [0.1, 0.15) is 6.04 Å². The van der Waals surface area contributed by atoms with Gasteiger partial charge in [-0.15, -0.1) is 0 Å². The fourth-order valence-electron chi connectivity index (χ4n) is 1.53. The minimum atomic E-state index is -0.998. The van der Waals surface area contributed by atoms with Crippen molar-refractivity contribution in [3.8, 4) is 0 Å². The minimum Gasteiger partial charge on any atom is -0.480 e. The molecule has 6 heteroatoms. The van der Waals surface area contributed by atoms with Crippen molar-refractivity contribution in [3.63, 3.8) is 0 Å². The normalized spacial score (nSPS) is 18.7. The Morgan fingerprint density at radius 2 is 2.19 bits per heavy atom. The molecule has 0 spiro atoms.